The number of benzene rings is 1. The van der Waals surface area contributed by atoms with Crippen molar-refractivity contribution in [2.45, 2.75) is 0 Å². The first kappa shape index (κ1) is 12.7. The highest BCUT2D eigenvalue weighted by Crippen LogP contribution is 2.27. The van der Waals surface area contributed by atoms with Crippen LogP contribution in [0, 0.1) is 0 Å². The van der Waals surface area contributed by atoms with Crippen LogP contribution in [0.2, 0.25) is 0 Å². The third-order valence-electron chi connectivity index (χ3n) is 2.29. The first-order valence-electron chi connectivity index (χ1n) is 4.89. The van der Waals surface area contributed by atoms with Crippen LogP contribution in [0.4, 0.5) is 5.69 Å². The number of carbonyl (C=O) groups excluding carboxylic acids is 2. The van der Waals surface area contributed by atoms with Gasteiger partial charge in [-0.3, -0.25) is 15.0 Å². The number of hydrogen-bond acceptors (Lipinski definition) is 4. The van der Waals surface area contributed by atoms with Crippen molar-refractivity contribution < 1.29 is 14.3 Å². The number of hydrogen-bond donors (Lipinski definition) is 1. The molecule has 0 radical (unpaired) electrons. The summed E-state index contributed by atoms with van der Waals surface area (Å²) in [6, 6.07) is 6.74. The Kier molecular flexibility index (Phi) is 3.45. The summed E-state index contributed by atoms with van der Waals surface area (Å²) in [5.74, 6) is -0.784. The lowest BCUT2D eigenvalue weighted by Crippen LogP contribution is -2.36. The number of ether oxygens (including phenoxy) is 1. The lowest BCUT2D eigenvalue weighted by molar-refractivity contribution is -0.135. The number of imide groups is 1. The normalized spacial score (nSPS) is 15.4. The van der Waals surface area contributed by atoms with E-state index in [-0.39, 0.29) is 10.1 Å². The van der Waals surface area contributed by atoms with Gasteiger partial charge in [-0.25, -0.2) is 0 Å². The van der Waals surface area contributed by atoms with Gasteiger partial charge in [-0.05, 0) is 12.1 Å². The van der Waals surface area contributed by atoms with Crippen LogP contribution >= 0.6 is 23.2 Å². The molecule has 0 saturated carbocycles. The summed E-state index contributed by atoms with van der Waals surface area (Å²) in [6.45, 7) is 0. The molecule has 7 heteroatoms. The van der Waals surface area contributed by atoms with Crippen molar-refractivity contribution in [2.75, 3.05) is 12.5 Å². The molecule has 0 unspecified atom stereocenters. The first-order chi connectivity index (χ1) is 8.54. The fourth-order valence-electron chi connectivity index (χ4n) is 1.40. The predicted octanol–water partition coefficient (Wildman–Crippen LogP) is 2.08. The van der Waals surface area contributed by atoms with Gasteiger partial charge in [-0.1, -0.05) is 29.3 Å². The van der Waals surface area contributed by atoms with Crippen molar-refractivity contribution in [1.82, 2.24) is 5.01 Å². The van der Waals surface area contributed by atoms with E-state index in [0.717, 1.165) is 5.01 Å². The fraction of sp³-hybridized carbons (Fsp3) is 0.0909. The van der Waals surface area contributed by atoms with Crippen LogP contribution in [0.5, 0.6) is 5.75 Å². The summed E-state index contributed by atoms with van der Waals surface area (Å²) in [5.41, 5.74) is 3.13. The zero-order chi connectivity index (χ0) is 13.3. The predicted molar refractivity (Wildman–Crippen MR) is 67.2 cm³/mol. The Bertz CT molecular complexity index is 533. The van der Waals surface area contributed by atoms with Crippen LogP contribution in [-0.2, 0) is 9.59 Å². The van der Waals surface area contributed by atoms with Crippen molar-refractivity contribution in [3.63, 3.8) is 0 Å². The van der Waals surface area contributed by atoms with E-state index >= 15 is 0 Å². The molecule has 18 heavy (non-hydrogen) atoms. The fourth-order valence-corrected chi connectivity index (χ4v) is 1.73. The van der Waals surface area contributed by atoms with Gasteiger partial charge in [0, 0.05) is 6.07 Å². The standard InChI is InChI=1S/C11H8Cl2N2O3/c1-18-7-4-2-3-6(5-7)14-15-10(16)8(12)9(13)11(15)17/h2-5,14H,1H3. The second-order valence-electron chi connectivity index (χ2n) is 3.42. The molecule has 0 bridgehead atoms. The monoisotopic (exact) mass is 286 g/mol. The molecule has 0 atom stereocenters. The van der Waals surface area contributed by atoms with Crippen molar-refractivity contribution in [2.24, 2.45) is 0 Å². The Balaban J connectivity index is 2.21. The topological polar surface area (TPSA) is 58.6 Å². The molecule has 1 N–H and O–H groups in total. The molecule has 0 aromatic heterocycles. The largest absolute Gasteiger partial charge is 0.497 e. The Hall–Kier alpha value is -1.72. The second-order valence-corrected chi connectivity index (χ2v) is 4.17. The van der Waals surface area contributed by atoms with E-state index in [0.29, 0.717) is 11.4 Å². The first-order valence-corrected chi connectivity index (χ1v) is 5.65. The molecule has 1 aromatic carbocycles. The summed E-state index contributed by atoms with van der Waals surface area (Å²) in [4.78, 5) is 23.2. The number of carbonyl (C=O) groups is 2. The van der Waals surface area contributed by atoms with Crippen LogP contribution in [0.3, 0.4) is 0 Å². The number of nitrogens with one attached hydrogen (secondary N) is 1. The molecule has 0 aliphatic carbocycles. The van der Waals surface area contributed by atoms with Gasteiger partial charge in [0.05, 0.1) is 12.8 Å². The molecule has 1 aliphatic heterocycles. The number of rotatable bonds is 3. The van der Waals surface area contributed by atoms with Gasteiger partial charge in [0.1, 0.15) is 15.8 Å². The van der Waals surface area contributed by atoms with E-state index in [1.54, 1.807) is 24.3 Å². The molecule has 1 aliphatic rings. The maximum Gasteiger partial charge on any atom is 0.292 e. The van der Waals surface area contributed by atoms with E-state index in [9.17, 15) is 9.59 Å². The highest BCUT2D eigenvalue weighted by atomic mass is 35.5. The van der Waals surface area contributed by atoms with Gasteiger partial charge in [-0.2, -0.15) is 5.01 Å². The van der Waals surface area contributed by atoms with E-state index < -0.39 is 11.8 Å². The molecule has 0 saturated heterocycles. The quantitative estimate of drug-likeness (QED) is 0.865. The summed E-state index contributed by atoms with van der Waals surface area (Å²) >= 11 is 11.2. The molecule has 2 amide bonds. The third-order valence-corrected chi connectivity index (χ3v) is 3.08. The van der Waals surface area contributed by atoms with Crippen molar-refractivity contribution in [1.29, 1.82) is 0 Å². The minimum Gasteiger partial charge on any atom is -0.497 e. The van der Waals surface area contributed by atoms with Gasteiger partial charge in [-0.15, -0.1) is 0 Å². The van der Waals surface area contributed by atoms with Crippen LogP contribution in [0.15, 0.2) is 34.3 Å². The Morgan fingerprint density at radius 1 is 1.17 bits per heavy atom. The third kappa shape index (κ3) is 2.14. The average Bonchev–Trinajstić information content (AvgIpc) is 2.57. The van der Waals surface area contributed by atoms with Gasteiger partial charge >= 0.3 is 0 Å². The molecule has 0 spiro atoms. The van der Waals surface area contributed by atoms with Gasteiger partial charge in [0.2, 0.25) is 0 Å². The molecule has 0 fully saturated rings. The molecule has 5 nitrogen and oxygen atoms in total. The minimum absolute atomic E-state index is 0.294. The lowest BCUT2D eigenvalue weighted by Gasteiger charge is -2.16. The van der Waals surface area contributed by atoms with Crippen LogP contribution in [0.25, 0.3) is 0 Å². The van der Waals surface area contributed by atoms with Crippen molar-refractivity contribution in [3.8, 4) is 5.75 Å². The Morgan fingerprint density at radius 3 is 2.33 bits per heavy atom. The van der Waals surface area contributed by atoms with Crippen molar-refractivity contribution >= 4 is 40.7 Å². The van der Waals surface area contributed by atoms with E-state index in [4.69, 9.17) is 27.9 Å². The van der Waals surface area contributed by atoms with E-state index in [2.05, 4.69) is 5.43 Å². The molecule has 1 heterocycles. The van der Waals surface area contributed by atoms with Gasteiger partial charge in [0.25, 0.3) is 11.8 Å². The number of hydrazine groups is 1. The second kappa shape index (κ2) is 4.88. The number of anilines is 1. The van der Waals surface area contributed by atoms with Gasteiger partial charge < -0.3 is 4.74 Å². The summed E-state index contributed by atoms with van der Waals surface area (Å²) in [5, 5.41) is 0.161. The molecule has 94 valence electrons. The number of methoxy groups -OCH3 is 1. The smallest absolute Gasteiger partial charge is 0.292 e. The van der Waals surface area contributed by atoms with Crippen LogP contribution in [-0.4, -0.2) is 23.9 Å². The van der Waals surface area contributed by atoms with Crippen LogP contribution < -0.4 is 10.2 Å². The van der Waals surface area contributed by atoms with E-state index in [1.807, 2.05) is 0 Å². The Labute approximate surface area is 113 Å². The van der Waals surface area contributed by atoms with Gasteiger partial charge in [0.15, 0.2) is 0 Å². The maximum absolute atomic E-state index is 11.6. The number of amides is 2. The summed E-state index contributed by atoms with van der Waals surface area (Å²) < 4.78 is 5.02. The molecule has 1 aromatic rings. The lowest BCUT2D eigenvalue weighted by atomic mass is 10.3. The maximum atomic E-state index is 11.6. The zero-order valence-corrected chi connectivity index (χ0v) is 10.7. The zero-order valence-electron chi connectivity index (χ0n) is 9.24. The molecule has 2 rings (SSSR count). The number of nitrogens with zero attached hydrogens (tertiary/aromatic N) is 1. The van der Waals surface area contributed by atoms with E-state index in [1.165, 1.54) is 7.11 Å². The highest BCUT2D eigenvalue weighted by molar-refractivity contribution is 6.58. The molecular formula is C11H8Cl2N2O3. The summed E-state index contributed by atoms with van der Waals surface area (Å²) in [6.07, 6.45) is 0. The molecular weight excluding hydrogens is 279 g/mol. The Morgan fingerprint density at radius 2 is 1.78 bits per heavy atom. The SMILES string of the molecule is COc1cccc(NN2C(=O)C(Cl)=C(Cl)C2=O)c1. The van der Waals surface area contributed by atoms with Crippen molar-refractivity contribution in [3.05, 3.63) is 34.3 Å². The minimum atomic E-state index is -0.686. The highest BCUT2D eigenvalue weighted by Gasteiger charge is 2.37. The summed E-state index contributed by atoms with van der Waals surface area (Å²) in [7, 11) is 1.51. The average molecular weight is 287 g/mol. The number of halogens is 2. The van der Waals surface area contributed by atoms with Crippen LogP contribution in [0.1, 0.15) is 0 Å².